The summed E-state index contributed by atoms with van der Waals surface area (Å²) in [5.74, 6) is -3.11. The van der Waals surface area contributed by atoms with Crippen LogP contribution in [0.1, 0.15) is 24.8 Å². The zero-order valence-corrected chi connectivity index (χ0v) is 14.2. The van der Waals surface area contributed by atoms with Crippen LogP contribution >= 0.6 is 0 Å². The minimum absolute atomic E-state index is 0.273. The van der Waals surface area contributed by atoms with Crippen LogP contribution < -0.4 is 5.32 Å². The van der Waals surface area contributed by atoms with Crippen molar-refractivity contribution in [2.75, 3.05) is 5.32 Å². The molecule has 0 radical (unpaired) electrons. The normalized spacial score (nSPS) is 23.3. The van der Waals surface area contributed by atoms with Gasteiger partial charge in [0.15, 0.2) is 0 Å². The van der Waals surface area contributed by atoms with Crippen molar-refractivity contribution in [1.82, 2.24) is 9.88 Å². The molecule has 2 fully saturated rings. The number of anilines is 1. The van der Waals surface area contributed by atoms with Gasteiger partial charge in [0.25, 0.3) is 5.92 Å². The molecule has 0 spiro atoms. The summed E-state index contributed by atoms with van der Waals surface area (Å²) >= 11 is 0. The van der Waals surface area contributed by atoms with E-state index in [1.165, 1.54) is 11.0 Å². The zero-order chi connectivity index (χ0) is 18.5. The number of piperidine rings is 1. The van der Waals surface area contributed by atoms with Gasteiger partial charge in [-0.1, -0.05) is 6.07 Å². The number of halogens is 3. The van der Waals surface area contributed by atoms with E-state index in [1.54, 1.807) is 18.3 Å². The Bertz CT molecular complexity index is 857. The number of nitrogens with zero attached hydrogens (tertiary/aromatic N) is 2. The molecule has 2 bridgehead atoms. The highest BCUT2D eigenvalue weighted by Gasteiger charge is 2.55. The number of pyridine rings is 1. The van der Waals surface area contributed by atoms with Crippen LogP contribution in [0.2, 0.25) is 0 Å². The largest absolute Gasteiger partial charge is 0.322 e. The van der Waals surface area contributed by atoms with Gasteiger partial charge in [-0.15, -0.1) is 0 Å². The number of benzene rings is 1. The monoisotopic (exact) mass is 361 g/mol. The Morgan fingerprint density at radius 3 is 2.65 bits per heavy atom. The van der Waals surface area contributed by atoms with Gasteiger partial charge in [0.2, 0.25) is 0 Å². The Hall–Kier alpha value is -2.57. The fraction of sp³-hybridized carbons (Fsp3) is 0.368. The van der Waals surface area contributed by atoms with E-state index in [9.17, 15) is 18.0 Å². The molecule has 1 aromatic carbocycles. The van der Waals surface area contributed by atoms with Gasteiger partial charge in [0, 0.05) is 42.4 Å². The lowest BCUT2D eigenvalue weighted by Gasteiger charge is -2.54. The molecule has 1 aromatic heterocycles. The molecule has 2 aliphatic rings. The van der Waals surface area contributed by atoms with E-state index in [0.29, 0.717) is 17.7 Å². The number of amides is 2. The van der Waals surface area contributed by atoms with Crippen LogP contribution in [-0.4, -0.2) is 33.9 Å². The van der Waals surface area contributed by atoms with Crippen LogP contribution in [-0.2, 0) is 0 Å². The molecule has 1 saturated carbocycles. The van der Waals surface area contributed by atoms with Crippen LogP contribution in [0.5, 0.6) is 0 Å². The van der Waals surface area contributed by atoms with E-state index < -0.39 is 23.8 Å². The fourth-order valence-corrected chi connectivity index (χ4v) is 3.93. The number of fused-ring (bicyclic) bond motifs is 2. The van der Waals surface area contributed by atoms with Crippen molar-refractivity contribution in [2.45, 2.75) is 44.2 Å². The summed E-state index contributed by atoms with van der Waals surface area (Å²) in [6, 6.07) is 5.52. The smallest absolute Gasteiger partial charge is 0.318 e. The minimum atomic E-state index is -2.67. The lowest BCUT2D eigenvalue weighted by molar-refractivity contribution is -0.136. The summed E-state index contributed by atoms with van der Waals surface area (Å²) in [6.45, 7) is 1.88. The van der Waals surface area contributed by atoms with Gasteiger partial charge in [-0.05, 0) is 42.7 Å². The molecule has 2 amide bonds. The molecule has 136 valence electrons. The summed E-state index contributed by atoms with van der Waals surface area (Å²) in [4.78, 5) is 17.9. The highest BCUT2D eigenvalue weighted by molar-refractivity contribution is 5.91. The van der Waals surface area contributed by atoms with E-state index >= 15 is 0 Å². The van der Waals surface area contributed by atoms with Crippen LogP contribution in [0.4, 0.5) is 23.7 Å². The number of carbonyl (C=O) groups is 1. The van der Waals surface area contributed by atoms with E-state index in [1.807, 2.05) is 13.0 Å². The van der Waals surface area contributed by atoms with Gasteiger partial charge < -0.3 is 10.2 Å². The maximum Gasteiger partial charge on any atom is 0.322 e. The predicted octanol–water partition coefficient (Wildman–Crippen LogP) is 4.60. The molecular formula is C19H18F3N3O. The third-order valence-corrected chi connectivity index (χ3v) is 5.14. The molecule has 1 N–H and O–H groups in total. The highest BCUT2D eigenvalue weighted by Crippen LogP contribution is 2.46. The van der Waals surface area contributed by atoms with Gasteiger partial charge >= 0.3 is 6.03 Å². The number of hydrogen-bond donors (Lipinski definition) is 1. The maximum absolute atomic E-state index is 13.5. The second-order valence-electron chi connectivity index (χ2n) is 7.07. The van der Waals surface area contributed by atoms with Crippen molar-refractivity contribution < 1.29 is 18.0 Å². The number of aromatic nitrogens is 1. The molecule has 2 heterocycles. The summed E-state index contributed by atoms with van der Waals surface area (Å²) in [5, 5.41) is 2.78. The minimum Gasteiger partial charge on any atom is -0.318 e. The van der Waals surface area contributed by atoms with Gasteiger partial charge in [-0.2, -0.15) is 0 Å². The molecule has 1 aliphatic carbocycles. The van der Waals surface area contributed by atoms with E-state index in [-0.39, 0.29) is 18.9 Å². The number of likely N-dealkylation sites (tertiary alicyclic amines) is 1. The first-order chi connectivity index (χ1) is 12.3. The van der Waals surface area contributed by atoms with Gasteiger partial charge in [0.05, 0.1) is 6.20 Å². The molecule has 2 aromatic rings. The van der Waals surface area contributed by atoms with E-state index in [0.717, 1.165) is 17.3 Å². The average Bonchev–Trinajstić information content (AvgIpc) is 2.55. The van der Waals surface area contributed by atoms with Crippen molar-refractivity contribution in [3.8, 4) is 11.1 Å². The molecule has 1 aliphatic heterocycles. The number of aryl methyl sites for hydroxylation is 1. The quantitative estimate of drug-likeness (QED) is 0.850. The van der Waals surface area contributed by atoms with E-state index in [2.05, 4.69) is 10.3 Å². The topological polar surface area (TPSA) is 45.2 Å². The number of rotatable bonds is 2. The summed E-state index contributed by atoms with van der Waals surface area (Å²) < 4.78 is 40.4. The first-order valence-electron chi connectivity index (χ1n) is 8.51. The predicted molar refractivity (Wildman–Crippen MR) is 91.6 cm³/mol. The Morgan fingerprint density at radius 1 is 1.23 bits per heavy atom. The Kier molecular flexibility index (Phi) is 3.89. The van der Waals surface area contributed by atoms with Crippen molar-refractivity contribution in [1.29, 1.82) is 0 Å². The maximum atomic E-state index is 13.5. The summed E-state index contributed by atoms with van der Waals surface area (Å²) in [6.07, 6.45) is 2.77. The number of nitrogens with one attached hydrogen (secondary N) is 1. The Balaban J connectivity index is 1.53. The fourth-order valence-electron chi connectivity index (χ4n) is 3.93. The molecule has 26 heavy (non-hydrogen) atoms. The number of carbonyl (C=O) groups excluding carboxylic acids is 1. The standard InChI is InChI=1S/C19H18F3N3O/c1-11-2-3-14(5-17(11)12-4-13(20)10-23-9-12)24-18(26)25-15-6-16(25)8-19(21,22)7-15/h2-5,9-10,15-16H,6-8H2,1H3,(H,24,26). The van der Waals surface area contributed by atoms with Crippen molar-refractivity contribution in [2.24, 2.45) is 0 Å². The van der Waals surface area contributed by atoms with Gasteiger partial charge in [-0.3, -0.25) is 4.98 Å². The lowest BCUT2D eigenvalue weighted by Crippen LogP contribution is -2.66. The van der Waals surface area contributed by atoms with Gasteiger partial charge in [-0.25, -0.2) is 18.0 Å². The Morgan fingerprint density at radius 2 is 1.96 bits per heavy atom. The second kappa shape index (κ2) is 6.00. The van der Waals surface area contributed by atoms with Crippen molar-refractivity contribution >= 4 is 11.7 Å². The molecule has 2 atom stereocenters. The number of urea groups is 1. The molecule has 1 saturated heterocycles. The average molecular weight is 361 g/mol. The van der Waals surface area contributed by atoms with Crippen LogP contribution in [0.25, 0.3) is 11.1 Å². The Labute approximate surface area is 149 Å². The molecule has 4 rings (SSSR count). The summed E-state index contributed by atoms with van der Waals surface area (Å²) in [5.41, 5.74) is 2.82. The first-order valence-corrected chi connectivity index (χ1v) is 8.51. The van der Waals surface area contributed by atoms with Crippen LogP contribution in [0, 0.1) is 12.7 Å². The molecule has 2 unspecified atom stereocenters. The first kappa shape index (κ1) is 16.9. The molecule has 4 nitrogen and oxygen atoms in total. The third-order valence-electron chi connectivity index (χ3n) is 5.14. The molecule has 7 heteroatoms. The second-order valence-corrected chi connectivity index (χ2v) is 7.07. The van der Waals surface area contributed by atoms with Crippen molar-refractivity contribution in [3.05, 3.63) is 48.0 Å². The van der Waals surface area contributed by atoms with Crippen molar-refractivity contribution in [3.63, 3.8) is 0 Å². The zero-order valence-electron chi connectivity index (χ0n) is 14.2. The summed E-state index contributed by atoms with van der Waals surface area (Å²) in [7, 11) is 0. The SMILES string of the molecule is Cc1ccc(NC(=O)N2C3CC2CC(F)(F)C3)cc1-c1cncc(F)c1. The highest BCUT2D eigenvalue weighted by atomic mass is 19.3. The lowest BCUT2D eigenvalue weighted by atomic mass is 9.78. The van der Waals surface area contributed by atoms with Gasteiger partial charge in [0.1, 0.15) is 5.82 Å². The number of hydrogen-bond acceptors (Lipinski definition) is 2. The third kappa shape index (κ3) is 3.02. The van der Waals surface area contributed by atoms with Crippen LogP contribution in [0.3, 0.4) is 0 Å². The number of alkyl halides is 2. The molecular weight excluding hydrogens is 343 g/mol. The van der Waals surface area contributed by atoms with Crippen LogP contribution in [0.15, 0.2) is 36.7 Å². The van der Waals surface area contributed by atoms with E-state index in [4.69, 9.17) is 0 Å².